The van der Waals surface area contributed by atoms with Crippen molar-refractivity contribution in [3.8, 4) is 0 Å². The number of carbonyl (C=O) groups excluding carboxylic acids is 4. The van der Waals surface area contributed by atoms with Gasteiger partial charge in [-0.2, -0.15) is 0 Å². The van der Waals surface area contributed by atoms with E-state index in [1.54, 1.807) is 30.3 Å². The average molecular weight is 514 g/mol. The Morgan fingerprint density at radius 2 is 1.86 bits per heavy atom. The number of nitrogens with zero attached hydrogens (tertiary/aromatic N) is 3. The van der Waals surface area contributed by atoms with Gasteiger partial charge in [0.25, 0.3) is 5.91 Å². The van der Waals surface area contributed by atoms with Crippen LogP contribution >= 0.6 is 0 Å². The molecule has 0 spiro atoms. The second-order valence-corrected chi connectivity index (χ2v) is 10.7. The van der Waals surface area contributed by atoms with E-state index >= 15 is 0 Å². The first kappa shape index (κ1) is 25.3. The lowest BCUT2D eigenvalue weighted by molar-refractivity contribution is -0.137. The van der Waals surface area contributed by atoms with E-state index in [1.165, 1.54) is 34.3 Å². The first-order chi connectivity index (χ1) is 17.3. The molecule has 2 N–H and O–H groups in total. The highest BCUT2D eigenvalue weighted by Crippen LogP contribution is 2.18. The van der Waals surface area contributed by atoms with E-state index in [1.807, 2.05) is 0 Å². The molecule has 2 aromatic rings. The van der Waals surface area contributed by atoms with E-state index in [9.17, 15) is 27.6 Å². The van der Waals surface area contributed by atoms with Gasteiger partial charge in [0, 0.05) is 32.0 Å². The molecule has 0 saturated carbocycles. The number of hydrogen-bond acceptors (Lipinski definition) is 7. The predicted octanol–water partition coefficient (Wildman–Crippen LogP) is -0.397. The molecule has 2 aliphatic rings. The lowest BCUT2D eigenvalue weighted by Gasteiger charge is -2.41. The molecule has 3 heterocycles. The molecular formula is C24H27N5O6S. The van der Waals surface area contributed by atoms with Crippen LogP contribution in [0.1, 0.15) is 23.2 Å². The van der Waals surface area contributed by atoms with Gasteiger partial charge in [0.2, 0.25) is 17.7 Å². The normalized spacial score (nSPS) is 20.4. The predicted molar refractivity (Wildman–Crippen MR) is 128 cm³/mol. The minimum absolute atomic E-state index is 0.0137. The van der Waals surface area contributed by atoms with Crippen molar-refractivity contribution in [3.05, 3.63) is 60.4 Å². The highest BCUT2D eigenvalue weighted by Gasteiger charge is 2.39. The van der Waals surface area contributed by atoms with Crippen molar-refractivity contribution in [1.29, 1.82) is 0 Å². The van der Waals surface area contributed by atoms with E-state index in [2.05, 4.69) is 15.6 Å². The molecule has 1 aromatic carbocycles. The van der Waals surface area contributed by atoms with Crippen molar-refractivity contribution < 1.29 is 27.6 Å². The van der Waals surface area contributed by atoms with Crippen LogP contribution in [0.25, 0.3) is 0 Å². The standard InChI is InChI=1S/C24H27N5O6S/c30-21(16-36(34,35)18-7-2-1-3-8-18)28-12-13-29(24(33)17-6-4-10-25-14-17)20(15-28)23(32)27-19-9-5-11-26-22(19)31/h1-4,6-8,10,14,19-20H,5,9,11-13,15-16H2,(H,26,31)(H,27,32)/t19-,20-/m1/s1. The number of piperazine rings is 1. The van der Waals surface area contributed by atoms with E-state index in [4.69, 9.17) is 0 Å². The summed E-state index contributed by atoms with van der Waals surface area (Å²) in [5.41, 5.74) is 0.275. The van der Waals surface area contributed by atoms with Crippen LogP contribution in [-0.2, 0) is 24.2 Å². The van der Waals surface area contributed by atoms with Crippen LogP contribution in [0.5, 0.6) is 0 Å². The van der Waals surface area contributed by atoms with Crippen molar-refractivity contribution in [2.45, 2.75) is 29.8 Å². The molecule has 1 aromatic heterocycles. The van der Waals surface area contributed by atoms with Crippen LogP contribution < -0.4 is 10.6 Å². The van der Waals surface area contributed by atoms with Crippen LogP contribution in [0.4, 0.5) is 0 Å². The summed E-state index contributed by atoms with van der Waals surface area (Å²) in [7, 11) is -3.88. The zero-order valence-electron chi connectivity index (χ0n) is 19.5. The van der Waals surface area contributed by atoms with Gasteiger partial charge in [0.15, 0.2) is 9.84 Å². The van der Waals surface area contributed by atoms with Gasteiger partial charge in [0.05, 0.1) is 17.0 Å². The lowest BCUT2D eigenvalue weighted by Crippen LogP contribution is -2.64. The second kappa shape index (κ2) is 10.9. The van der Waals surface area contributed by atoms with Crippen LogP contribution in [-0.4, -0.2) is 90.8 Å². The third kappa shape index (κ3) is 5.70. The molecule has 2 fully saturated rings. The van der Waals surface area contributed by atoms with Crippen molar-refractivity contribution in [1.82, 2.24) is 25.4 Å². The Kier molecular flexibility index (Phi) is 7.63. The molecule has 2 atom stereocenters. The van der Waals surface area contributed by atoms with E-state index in [0.717, 1.165) is 0 Å². The Bertz CT molecular complexity index is 1240. The molecule has 190 valence electrons. The Balaban J connectivity index is 1.53. The fraction of sp³-hybridized carbons (Fsp3) is 0.375. The Hall–Kier alpha value is -3.80. The van der Waals surface area contributed by atoms with Gasteiger partial charge in [-0.15, -0.1) is 0 Å². The summed E-state index contributed by atoms with van der Waals surface area (Å²) in [6, 6.07) is 8.97. The monoisotopic (exact) mass is 513 g/mol. The number of sulfone groups is 1. The summed E-state index contributed by atoms with van der Waals surface area (Å²) < 4.78 is 25.4. The molecule has 0 bridgehead atoms. The second-order valence-electron chi connectivity index (χ2n) is 8.66. The summed E-state index contributed by atoms with van der Waals surface area (Å²) in [4.78, 5) is 58.2. The van der Waals surface area contributed by atoms with Gasteiger partial charge in [-0.1, -0.05) is 18.2 Å². The number of benzene rings is 1. The highest BCUT2D eigenvalue weighted by atomic mass is 32.2. The zero-order chi connectivity index (χ0) is 25.7. The molecule has 0 unspecified atom stereocenters. The first-order valence-corrected chi connectivity index (χ1v) is 13.3. The fourth-order valence-corrected chi connectivity index (χ4v) is 5.52. The van der Waals surface area contributed by atoms with Crippen molar-refractivity contribution in [2.24, 2.45) is 0 Å². The Labute approximate surface area is 208 Å². The maximum absolute atomic E-state index is 13.3. The highest BCUT2D eigenvalue weighted by molar-refractivity contribution is 7.92. The molecular weight excluding hydrogens is 486 g/mol. The molecule has 4 amide bonds. The molecule has 11 nitrogen and oxygen atoms in total. The van der Waals surface area contributed by atoms with E-state index in [-0.39, 0.29) is 36.0 Å². The van der Waals surface area contributed by atoms with Gasteiger partial charge < -0.3 is 20.4 Å². The van der Waals surface area contributed by atoms with Gasteiger partial charge in [0.1, 0.15) is 17.8 Å². The third-order valence-electron chi connectivity index (χ3n) is 6.22. The number of piperidine rings is 1. The maximum atomic E-state index is 13.3. The molecule has 0 aliphatic carbocycles. The molecule has 4 rings (SSSR count). The summed E-state index contributed by atoms with van der Waals surface area (Å²) in [6.45, 7) is 0.399. The van der Waals surface area contributed by atoms with Crippen LogP contribution in [0.15, 0.2) is 59.8 Å². The number of rotatable bonds is 6. The molecule has 36 heavy (non-hydrogen) atoms. The molecule has 0 radical (unpaired) electrons. The van der Waals surface area contributed by atoms with Gasteiger partial charge in [-0.3, -0.25) is 24.2 Å². The minimum Gasteiger partial charge on any atom is -0.354 e. The average Bonchev–Trinajstić information content (AvgIpc) is 2.90. The topological polar surface area (TPSA) is 146 Å². The zero-order valence-corrected chi connectivity index (χ0v) is 20.3. The third-order valence-corrected chi connectivity index (χ3v) is 7.84. The van der Waals surface area contributed by atoms with Crippen molar-refractivity contribution >= 4 is 33.5 Å². The SMILES string of the molecule is O=C(N[C@@H]1CCCNC1=O)[C@H]1CN(C(=O)CS(=O)(=O)c2ccccc2)CCN1C(=O)c1cccnc1. The number of nitrogens with one attached hydrogen (secondary N) is 2. The number of aromatic nitrogens is 1. The molecule has 2 saturated heterocycles. The molecule has 2 aliphatic heterocycles. The van der Waals surface area contributed by atoms with E-state index < -0.39 is 45.4 Å². The Morgan fingerprint density at radius 3 is 2.56 bits per heavy atom. The number of amides is 4. The van der Waals surface area contributed by atoms with Gasteiger partial charge >= 0.3 is 0 Å². The largest absolute Gasteiger partial charge is 0.354 e. The summed E-state index contributed by atoms with van der Waals surface area (Å²) in [6.07, 6.45) is 4.06. The number of carbonyl (C=O) groups is 4. The first-order valence-electron chi connectivity index (χ1n) is 11.6. The van der Waals surface area contributed by atoms with Gasteiger partial charge in [-0.25, -0.2) is 8.42 Å². The minimum atomic E-state index is -3.88. The van der Waals surface area contributed by atoms with Crippen LogP contribution in [0.2, 0.25) is 0 Å². The van der Waals surface area contributed by atoms with Crippen molar-refractivity contribution in [3.63, 3.8) is 0 Å². The van der Waals surface area contributed by atoms with Crippen molar-refractivity contribution in [2.75, 3.05) is 31.9 Å². The fourth-order valence-electron chi connectivity index (χ4n) is 4.27. The summed E-state index contributed by atoms with van der Waals surface area (Å²) in [5.74, 6) is -2.76. The maximum Gasteiger partial charge on any atom is 0.256 e. The lowest BCUT2D eigenvalue weighted by atomic mass is 10.0. The quantitative estimate of drug-likeness (QED) is 0.535. The summed E-state index contributed by atoms with van der Waals surface area (Å²) >= 11 is 0. The number of hydrogen-bond donors (Lipinski definition) is 2. The molecule has 12 heteroatoms. The van der Waals surface area contributed by atoms with Crippen LogP contribution in [0.3, 0.4) is 0 Å². The summed E-state index contributed by atoms with van der Waals surface area (Å²) in [5, 5.41) is 5.39. The van der Waals surface area contributed by atoms with Gasteiger partial charge in [-0.05, 0) is 37.1 Å². The Morgan fingerprint density at radius 1 is 1.08 bits per heavy atom. The smallest absolute Gasteiger partial charge is 0.256 e. The number of pyridine rings is 1. The van der Waals surface area contributed by atoms with E-state index in [0.29, 0.717) is 19.4 Å². The van der Waals surface area contributed by atoms with Crippen LogP contribution in [0, 0.1) is 0 Å².